The Morgan fingerprint density at radius 3 is 2.33 bits per heavy atom. The van der Waals surface area contributed by atoms with Crippen molar-refractivity contribution in [2.45, 2.75) is 20.3 Å². The van der Waals surface area contributed by atoms with Crippen LogP contribution >= 0.6 is 0 Å². The Bertz CT molecular complexity index is 198. The molecule has 88 valence electrons. The van der Waals surface area contributed by atoms with E-state index in [1.807, 2.05) is 4.90 Å². The summed E-state index contributed by atoms with van der Waals surface area (Å²) in [6.07, 6.45) is 2.00. The lowest BCUT2D eigenvalue weighted by Crippen LogP contribution is -2.48. The van der Waals surface area contributed by atoms with Crippen LogP contribution in [-0.2, 0) is 4.79 Å². The van der Waals surface area contributed by atoms with E-state index in [9.17, 15) is 4.79 Å². The van der Waals surface area contributed by atoms with Crippen LogP contribution in [0.4, 0.5) is 0 Å². The van der Waals surface area contributed by atoms with Gasteiger partial charge in [0.2, 0.25) is 6.41 Å². The van der Waals surface area contributed by atoms with E-state index in [1.54, 1.807) is 0 Å². The smallest absolute Gasteiger partial charge is 0.209 e. The van der Waals surface area contributed by atoms with Crippen molar-refractivity contribution in [2.24, 2.45) is 11.1 Å². The fraction of sp³-hybridized carbons (Fsp3) is 0.909. The number of hydrogen-bond donors (Lipinski definition) is 1. The van der Waals surface area contributed by atoms with E-state index >= 15 is 0 Å². The third kappa shape index (κ3) is 4.18. The van der Waals surface area contributed by atoms with Gasteiger partial charge in [-0.15, -0.1) is 0 Å². The zero-order valence-corrected chi connectivity index (χ0v) is 9.91. The van der Waals surface area contributed by atoms with Gasteiger partial charge in [0.15, 0.2) is 0 Å². The zero-order chi connectivity index (χ0) is 11.3. The summed E-state index contributed by atoms with van der Waals surface area (Å²) in [5.74, 6) is 0. The normalized spacial score (nSPS) is 19.3. The summed E-state index contributed by atoms with van der Waals surface area (Å²) in [7, 11) is 0. The fourth-order valence-corrected chi connectivity index (χ4v) is 2.10. The van der Waals surface area contributed by atoms with Crippen molar-refractivity contribution in [3.8, 4) is 0 Å². The molecule has 0 aromatic heterocycles. The predicted molar refractivity (Wildman–Crippen MR) is 61.5 cm³/mol. The molecule has 2 N–H and O–H groups in total. The molecular weight excluding hydrogens is 190 g/mol. The number of nitrogens with zero attached hydrogens (tertiary/aromatic N) is 2. The lowest BCUT2D eigenvalue weighted by molar-refractivity contribution is -0.119. The highest BCUT2D eigenvalue weighted by atomic mass is 16.1. The molecule has 0 aromatic carbocycles. The number of piperazine rings is 1. The first-order chi connectivity index (χ1) is 7.07. The molecular formula is C11H23N3O. The van der Waals surface area contributed by atoms with E-state index in [0.717, 1.165) is 52.1 Å². The largest absolute Gasteiger partial charge is 0.343 e. The SMILES string of the molecule is CC(C)(CCN)CN1CCN(C=O)CC1. The molecule has 1 rings (SSSR count). The highest BCUT2D eigenvalue weighted by Crippen LogP contribution is 2.21. The van der Waals surface area contributed by atoms with Gasteiger partial charge in [0.1, 0.15) is 0 Å². The van der Waals surface area contributed by atoms with Crippen LogP contribution in [0, 0.1) is 5.41 Å². The summed E-state index contributed by atoms with van der Waals surface area (Å²) in [4.78, 5) is 14.8. The van der Waals surface area contributed by atoms with Crippen molar-refractivity contribution in [1.29, 1.82) is 0 Å². The maximum absolute atomic E-state index is 10.5. The van der Waals surface area contributed by atoms with Crippen molar-refractivity contribution in [3.63, 3.8) is 0 Å². The molecule has 1 fully saturated rings. The number of nitrogens with two attached hydrogens (primary N) is 1. The second-order valence-electron chi connectivity index (χ2n) is 5.12. The van der Waals surface area contributed by atoms with Gasteiger partial charge in [-0.25, -0.2) is 0 Å². The molecule has 0 bridgehead atoms. The van der Waals surface area contributed by atoms with Gasteiger partial charge in [-0.2, -0.15) is 0 Å². The van der Waals surface area contributed by atoms with Gasteiger partial charge < -0.3 is 10.6 Å². The first-order valence-electron chi connectivity index (χ1n) is 5.69. The van der Waals surface area contributed by atoms with Crippen LogP contribution in [-0.4, -0.2) is 55.5 Å². The summed E-state index contributed by atoms with van der Waals surface area (Å²) < 4.78 is 0. The Morgan fingerprint density at radius 2 is 1.87 bits per heavy atom. The molecule has 0 radical (unpaired) electrons. The van der Waals surface area contributed by atoms with Gasteiger partial charge in [-0.05, 0) is 18.4 Å². The van der Waals surface area contributed by atoms with Crippen molar-refractivity contribution in [1.82, 2.24) is 9.80 Å². The van der Waals surface area contributed by atoms with Gasteiger partial charge in [-0.3, -0.25) is 9.69 Å². The van der Waals surface area contributed by atoms with Gasteiger partial charge in [0.25, 0.3) is 0 Å². The Morgan fingerprint density at radius 1 is 1.27 bits per heavy atom. The summed E-state index contributed by atoms with van der Waals surface area (Å²) in [6, 6.07) is 0. The number of hydrogen-bond acceptors (Lipinski definition) is 3. The molecule has 0 spiro atoms. The second-order valence-corrected chi connectivity index (χ2v) is 5.12. The molecule has 4 heteroatoms. The minimum absolute atomic E-state index is 0.290. The minimum Gasteiger partial charge on any atom is -0.343 e. The summed E-state index contributed by atoms with van der Waals surface area (Å²) in [5.41, 5.74) is 5.88. The van der Waals surface area contributed by atoms with Crippen molar-refractivity contribution in [2.75, 3.05) is 39.3 Å². The number of amides is 1. The van der Waals surface area contributed by atoms with E-state index in [2.05, 4.69) is 18.7 Å². The average molecular weight is 213 g/mol. The molecule has 1 aliphatic heterocycles. The number of rotatable bonds is 5. The molecule has 4 nitrogen and oxygen atoms in total. The monoisotopic (exact) mass is 213 g/mol. The topological polar surface area (TPSA) is 49.6 Å². The second kappa shape index (κ2) is 5.47. The van der Waals surface area contributed by atoms with E-state index < -0.39 is 0 Å². The first-order valence-corrected chi connectivity index (χ1v) is 5.69. The molecule has 0 atom stereocenters. The first kappa shape index (κ1) is 12.5. The van der Waals surface area contributed by atoms with E-state index in [1.165, 1.54) is 0 Å². The fourth-order valence-electron chi connectivity index (χ4n) is 2.10. The predicted octanol–water partition coefficient (Wildman–Crippen LogP) is 0.135. The van der Waals surface area contributed by atoms with Crippen LogP contribution in [0.1, 0.15) is 20.3 Å². The van der Waals surface area contributed by atoms with Gasteiger partial charge >= 0.3 is 0 Å². The van der Waals surface area contributed by atoms with Crippen LogP contribution in [0.3, 0.4) is 0 Å². The average Bonchev–Trinajstić information content (AvgIpc) is 2.18. The molecule has 0 unspecified atom stereocenters. The lowest BCUT2D eigenvalue weighted by Gasteiger charge is -2.37. The van der Waals surface area contributed by atoms with Crippen LogP contribution in [0.15, 0.2) is 0 Å². The highest BCUT2D eigenvalue weighted by Gasteiger charge is 2.23. The molecule has 1 saturated heterocycles. The molecule has 0 aromatic rings. The van der Waals surface area contributed by atoms with Crippen LogP contribution < -0.4 is 5.73 Å². The summed E-state index contributed by atoms with van der Waals surface area (Å²) >= 11 is 0. The van der Waals surface area contributed by atoms with Gasteiger partial charge in [0, 0.05) is 32.7 Å². The molecule has 15 heavy (non-hydrogen) atoms. The van der Waals surface area contributed by atoms with E-state index in [0.29, 0.717) is 0 Å². The molecule has 1 heterocycles. The molecule has 1 amide bonds. The maximum Gasteiger partial charge on any atom is 0.209 e. The molecule has 0 saturated carbocycles. The number of carbonyl (C=O) groups excluding carboxylic acids is 1. The van der Waals surface area contributed by atoms with Crippen molar-refractivity contribution in [3.05, 3.63) is 0 Å². The maximum atomic E-state index is 10.5. The molecule has 0 aliphatic carbocycles. The Labute approximate surface area is 92.4 Å². The third-order valence-corrected chi connectivity index (χ3v) is 3.03. The highest BCUT2D eigenvalue weighted by molar-refractivity contribution is 5.47. The number of carbonyl (C=O) groups is 1. The van der Waals surface area contributed by atoms with E-state index in [4.69, 9.17) is 5.73 Å². The summed E-state index contributed by atoms with van der Waals surface area (Å²) in [6.45, 7) is 10.1. The Hall–Kier alpha value is -0.610. The van der Waals surface area contributed by atoms with Crippen LogP contribution in [0.2, 0.25) is 0 Å². The lowest BCUT2D eigenvalue weighted by atomic mass is 9.88. The Kier molecular flexibility index (Phi) is 4.54. The molecule has 1 aliphatic rings. The summed E-state index contributed by atoms with van der Waals surface area (Å²) in [5, 5.41) is 0. The van der Waals surface area contributed by atoms with Crippen molar-refractivity contribution >= 4 is 6.41 Å². The minimum atomic E-state index is 0.290. The Balaban J connectivity index is 2.31. The van der Waals surface area contributed by atoms with E-state index in [-0.39, 0.29) is 5.41 Å². The quantitative estimate of drug-likeness (QED) is 0.661. The standard InChI is InChI=1S/C11H23N3O/c1-11(2,3-4-12)9-13-5-7-14(10-15)8-6-13/h10H,3-9,12H2,1-2H3. The third-order valence-electron chi connectivity index (χ3n) is 3.03. The van der Waals surface area contributed by atoms with Crippen molar-refractivity contribution < 1.29 is 4.79 Å². The van der Waals surface area contributed by atoms with Crippen LogP contribution in [0.25, 0.3) is 0 Å². The van der Waals surface area contributed by atoms with Gasteiger partial charge in [-0.1, -0.05) is 13.8 Å². The van der Waals surface area contributed by atoms with Gasteiger partial charge in [0.05, 0.1) is 0 Å². The zero-order valence-electron chi connectivity index (χ0n) is 9.91. The van der Waals surface area contributed by atoms with Crippen LogP contribution in [0.5, 0.6) is 0 Å².